The van der Waals surface area contributed by atoms with Gasteiger partial charge in [0.15, 0.2) is 5.65 Å². The molecule has 0 aliphatic carbocycles. The molecule has 1 saturated heterocycles. The molecule has 2 N–H and O–H groups in total. The highest BCUT2D eigenvalue weighted by Gasteiger charge is 2.38. The van der Waals surface area contributed by atoms with Gasteiger partial charge < -0.3 is 10.6 Å². The third kappa shape index (κ3) is 3.29. The minimum atomic E-state index is -0.0963. The molecule has 1 amide bonds. The number of hydrogen-bond acceptors (Lipinski definition) is 4. The Morgan fingerprint density at radius 3 is 2.50 bits per heavy atom. The van der Waals surface area contributed by atoms with E-state index >= 15 is 0 Å². The highest BCUT2D eigenvalue weighted by Crippen LogP contribution is 2.28. The van der Waals surface area contributed by atoms with Crippen molar-refractivity contribution in [3.8, 4) is 0 Å². The van der Waals surface area contributed by atoms with E-state index in [-0.39, 0.29) is 23.0 Å². The third-order valence-corrected chi connectivity index (χ3v) is 4.55. The molecule has 1 fully saturated rings. The Morgan fingerprint density at radius 2 is 1.88 bits per heavy atom. The molecule has 0 saturated carbocycles. The number of amides is 1. The molecule has 0 spiro atoms. The van der Waals surface area contributed by atoms with Gasteiger partial charge in [0.1, 0.15) is 5.56 Å². The average molecular weight is 329 g/mol. The zero-order valence-electron chi connectivity index (χ0n) is 15.4. The molecule has 6 nitrogen and oxygen atoms in total. The van der Waals surface area contributed by atoms with Gasteiger partial charge in [0.05, 0.1) is 6.20 Å². The lowest BCUT2D eigenvalue weighted by atomic mass is 9.79. The van der Waals surface area contributed by atoms with Gasteiger partial charge in [-0.1, -0.05) is 0 Å². The van der Waals surface area contributed by atoms with Crippen LogP contribution in [0.3, 0.4) is 0 Å². The van der Waals surface area contributed by atoms with Gasteiger partial charge in [0.2, 0.25) is 0 Å². The Labute approximate surface area is 143 Å². The predicted octanol–water partition coefficient (Wildman–Crippen LogP) is 2.39. The summed E-state index contributed by atoms with van der Waals surface area (Å²) in [5.74, 6) is -0.0963. The number of fused-ring (bicyclic) bond motifs is 1. The maximum Gasteiger partial charge on any atom is 0.256 e. The Balaban J connectivity index is 1.85. The lowest BCUT2D eigenvalue weighted by Gasteiger charge is -2.46. The van der Waals surface area contributed by atoms with Crippen LogP contribution in [0.2, 0.25) is 0 Å². The number of piperidine rings is 1. The van der Waals surface area contributed by atoms with Crippen molar-refractivity contribution in [3.63, 3.8) is 0 Å². The van der Waals surface area contributed by atoms with E-state index in [1.54, 1.807) is 10.7 Å². The molecule has 6 heteroatoms. The molecule has 1 aliphatic rings. The number of carbonyl (C=O) groups excluding carboxylic acids is 1. The topological polar surface area (TPSA) is 71.3 Å². The van der Waals surface area contributed by atoms with Gasteiger partial charge in [0.25, 0.3) is 5.91 Å². The first-order valence-corrected chi connectivity index (χ1v) is 8.49. The normalized spacial score (nSPS) is 20.2. The van der Waals surface area contributed by atoms with Gasteiger partial charge in [-0.25, -0.2) is 9.50 Å². The number of aryl methyl sites for hydroxylation is 2. The molecule has 24 heavy (non-hydrogen) atoms. The van der Waals surface area contributed by atoms with Crippen LogP contribution in [0.25, 0.3) is 5.65 Å². The number of rotatable bonds is 2. The second-order valence-electron chi connectivity index (χ2n) is 8.30. The molecule has 3 heterocycles. The van der Waals surface area contributed by atoms with Crippen molar-refractivity contribution in [2.24, 2.45) is 0 Å². The van der Waals surface area contributed by atoms with E-state index in [2.05, 4.69) is 48.4 Å². The van der Waals surface area contributed by atoms with Gasteiger partial charge >= 0.3 is 0 Å². The number of carbonyl (C=O) groups is 1. The van der Waals surface area contributed by atoms with Crippen LogP contribution in [0.15, 0.2) is 12.3 Å². The van der Waals surface area contributed by atoms with Crippen LogP contribution in [0, 0.1) is 13.8 Å². The summed E-state index contributed by atoms with van der Waals surface area (Å²) < 4.78 is 1.72. The zero-order chi connectivity index (χ0) is 17.7. The minimum absolute atomic E-state index is 0.00773. The summed E-state index contributed by atoms with van der Waals surface area (Å²) in [4.78, 5) is 17.3. The van der Waals surface area contributed by atoms with Gasteiger partial charge in [-0.05, 0) is 60.5 Å². The summed E-state index contributed by atoms with van der Waals surface area (Å²) in [7, 11) is 0. The fraction of sp³-hybridized carbons (Fsp3) is 0.611. The first-order valence-electron chi connectivity index (χ1n) is 8.49. The summed E-state index contributed by atoms with van der Waals surface area (Å²) in [5.41, 5.74) is 3.01. The van der Waals surface area contributed by atoms with Crippen LogP contribution in [0.5, 0.6) is 0 Å². The van der Waals surface area contributed by atoms with Gasteiger partial charge in [-0.2, -0.15) is 5.10 Å². The average Bonchev–Trinajstić information content (AvgIpc) is 2.78. The van der Waals surface area contributed by atoms with E-state index in [1.165, 1.54) is 0 Å². The van der Waals surface area contributed by atoms with Crippen LogP contribution < -0.4 is 10.6 Å². The molecule has 0 aromatic carbocycles. The monoisotopic (exact) mass is 329 g/mol. The van der Waals surface area contributed by atoms with Crippen LogP contribution in [-0.4, -0.2) is 37.6 Å². The lowest BCUT2D eigenvalue weighted by molar-refractivity contribution is 0.0874. The number of nitrogens with zero attached hydrogens (tertiary/aromatic N) is 3. The van der Waals surface area contributed by atoms with Gasteiger partial charge in [-0.15, -0.1) is 0 Å². The molecule has 0 radical (unpaired) electrons. The molecule has 2 aromatic heterocycles. The highest BCUT2D eigenvalue weighted by atomic mass is 16.1. The fourth-order valence-corrected chi connectivity index (χ4v) is 4.12. The van der Waals surface area contributed by atoms with Crippen molar-refractivity contribution in [2.75, 3.05) is 0 Å². The Hall–Kier alpha value is -1.95. The van der Waals surface area contributed by atoms with Gasteiger partial charge in [0, 0.05) is 28.5 Å². The van der Waals surface area contributed by atoms with Crippen LogP contribution in [-0.2, 0) is 0 Å². The molecule has 1 aliphatic heterocycles. The predicted molar refractivity (Wildman–Crippen MR) is 94.2 cm³/mol. The van der Waals surface area contributed by atoms with Gasteiger partial charge in [-0.3, -0.25) is 4.79 Å². The summed E-state index contributed by atoms with van der Waals surface area (Å²) in [6.45, 7) is 12.6. The van der Waals surface area contributed by atoms with Crippen LogP contribution >= 0.6 is 0 Å². The van der Waals surface area contributed by atoms with Crippen LogP contribution in [0.4, 0.5) is 0 Å². The van der Waals surface area contributed by atoms with Crippen molar-refractivity contribution in [3.05, 3.63) is 29.2 Å². The van der Waals surface area contributed by atoms with Crippen molar-refractivity contribution in [1.29, 1.82) is 0 Å². The summed E-state index contributed by atoms with van der Waals surface area (Å²) >= 11 is 0. The number of aromatic nitrogens is 3. The van der Waals surface area contributed by atoms with Crippen LogP contribution in [0.1, 0.15) is 62.3 Å². The summed E-state index contributed by atoms with van der Waals surface area (Å²) in [6.07, 6.45) is 3.40. The molecule has 0 atom stereocenters. The maximum absolute atomic E-state index is 12.8. The molecular weight excluding hydrogens is 302 g/mol. The zero-order valence-corrected chi connectivity index (χ0v) is 15.4. The largest absolute Gasteiger partial charge is 0.349 e. The smallest absolute Gasteiger partial charge is 0.256 e. The molecule has 0 unspecified atom stereocenters. The molecule has 0 bridgehead atoms. The Morgan fingerprint density at radius 1 is 1.25 bits per heavy atom. The molecule has 3 rings (SSSR count). The van der Waals surface area contributed by atoms with E-state index in [0.29, 0.717) is 11.2 Å². The minimum Gasteiger partial charge on any atom is -0.349 e. The van der Waals surface area contributed by atoms with Crippen molar-refractivity contribution in [1.82, 2.24) is 25.2 Å². The lowest BCUT2D eigenvalue weighted by Crippen LogP contribution is -2.62. The second-order valence-corrected chi connectivity index (χ2v) is 8.30. The van der Waals surface area contributed by atoms with E-state index in [9.17, 15) is 4.79 Å². The Bertz CT molecular complexity index is 774. The third-order valence-electron chi connectivity index (χ3n) is 4.55. The van der Waals surface area contributed by atoms with Crippen molar-refractivity contribution >= 4 is 11.6 Å². The van der Waals surface area contributed by atoms with E-state index < -0.39 is 0 Å². The van der Waals surface area contributed by atoms with Crippen molar-refractivity contribution in [2.45, 2.75) is 71.5 Å². The maximum atomic E-state index is 12.8. The summed E-state index contributed by atoms with van der Waals surface area (Å²) in [6, 6.07) is 2.09. The number of hydrogen-bond donors (Lipinski definition) is 2. The van der Waals surface area contributed by atoms with E-state index in [4.69, 9.17) is 0 Å². The van der Waals surface area contributed by atoms with Crippen molar-refractivity contribution < 1.29 is 4.79 Å². The van der Waals surface area contributed by atoms with E-state index in [0.717, 1.165) is 24.2 Å². The molecule has 2 aromatic rings. The molecule has 130 valence electrons. The SMILES string of the molecule is Cc1cc(C)n2ncc(C(=O)NC3CC(C)(C)NC(C)(C)C3)c2n1. The standard InChI is InChI=1S/C18H27N5O/c1-11-7-12(2)23-15(20-11)14(10-19-23)16(24)21-13-8-17(3,4)22-18(5,6)9-13/h7,10,13,22H,8-9H2,1-6H3,(H,21,24). The number of nitrogens with one attached hydrogen (secondary N) is 2. The Kier molecular flexibility index (Phi) is 3.91. The quantitative estimate of drug-likeness (QED) is 0.887. The first kappa shape index (κ1) is 16.9. The fourth-order valence-electron chi connectivity index (χ4n) is 4.12. The molecular formula is C18H27N5O. The second kappa shape index (κ2) is 5.55. The highest BCUT2D eigenvalue weighted by molar-refractivity contribution is 5.99. The first-order chi connectivity index (χ1) is 11.1. The summed E-state index contributed by atoms with van der Waals surface area (Å²) in [5, 5.41) is 11.1. The van der Waals surface area contributed by atoms with E-state index in [1.807, 2.05) is 19.9 Å².